The largest absolute Gasteiger partial charge is 0.465 e. The standard InChI is InChI=1S/C16H14N2O4/c1-22-14(19)12-9-5-6-10-13(12)16(18-21,15(17)20)11-7-3-2-4-8-11/h2-10H,1H3,(H2,17,20). The molecule has 0 radical (unpaired) electrons. The van der Waals surface area contributed by atoms with Crippen LogP contribution >= 0.6 is 0 Å². The van der Waals surface area contributed by atoms with E-state index in [2.05, 4.69) is 5.18 Å². The van der Waals surface area contributed by atoms with Gasteiger partial charge < -0.3 is 10.5 Å². The molecule has 2 rings (SSSR count). The third-order valence-electron chi connectivity index (χ3n) is 3.41. The van der Waals surface area contributed by atoms with Gasteiger partial charge in [-0.15, -0.1) is 4.91 Å². The molecule has 0 saturated carbocycles. The first kappa shape index (κ1) is 15.4. The Bertz CT molecular complexity index is 715. The number of carbonyl (C=O) groups excluding carboxylic acids is 2. The number of ether oxygens (including phenoxy) is 1. The number of hydrogen-bond acceptors (Lipinski definition) is 5. The van der Waals surface area contributed by atoms with Crippen LogP contribution in [0.2, 0.25) is 0 Å². The number of esters is 1. The number of nitrogens with two attached hydrogens (primary N) is 1. The van der Waals surface area contributed by atoms with E-state index in [0.29, 0.717) is 0 Å². The molecular formula is C16H14N2O4. The SMILES string of the molecule is COC(=O)c1ccccc1C(N=O)(C(N)=O)c1ccccc1. The molecule has 0 bridgehead atoms. The van der Waals surface area contributed by atoms with Crippen LogP contribution in [0.5, 0.6) is 0 Å². The summed E-state index contributed by atoms with van der Waals surface area (Å²) in [6.45, 7) is 0. The second-order valence-corrected chi connectivity index (χ2v) is 4.57. The molecule has 0 aliphatic heterocycles. The lowest BCUT2D eigenvalue weighted by Crippen LogP contribution is -2.41. The number of methoxy groups -OCH3 is 1. The molecule has 6 nitrogen and oxygen atoms in total. The minimum atomic E-state index is -1.99. The van der Waals surface area contributed by atoms with E-state index in [1.165, 1.54) is 19.2 Å². The summed E-state index contributed by atoms with van der Waals surface area (Å²) < 4.78 is 4.70. The Morgan fingerprint density at radius 2 is 1.64 bits per heavy atom. The van der Waals surface area contributed by atoms with Crippen molar-refractivity contribution in [2.45, 2.75) is 5.54 Å². The molecule has 0 heterocycles. The van der Waals surface area contributed by atoms with Crippen LogP contribution in [0.4, 0.5) is 0 Å². The van der Waals surface area contributed by atoms with Gasteiger partial charge in [0.2, 0.25) is 5.54 Å². The molecule has 0 aliphatic carbocycles. The molecule has 0 aliphatic rings. The van der Waals surface area contributed by atoms with Crippen molar-refractivity contribution in [2.24, 2.45) is 10.9 Å². The summed E-state index contributed by atoms with van der Waals surface area (Å²) in [4.78, 5) is 35.7. The summed E-state index contributed by atoms with van der Waals surface area (Å²) in [5.74, 6) is -1.65. The molecule has 112 valence electrons. The average Bonchev–Trinajstić information content (AvgIpc) is 2.56. The van der Waals surface area contributed by atoms with Crippen LogP contribution in [0.1, 0.15) is 21.5 Å². The minimum absolute atomic E-state index is 0.0623. The van der Waals surface area contributed by atoms with Crippen molar-refractivity contribution < 1.29 is 14.3 Å². The highest BCUT2D eigenvalue weighted by Gasteiger charge is 2.45. The van der Waals surface area contributed by atoms with Crippen molar-refractivity contribution in [1.82, 2.24) is 0 Å². The number of benzene rings is 2. The lowest BCUT2D eigenvalue weighted by atomic mass is 9.80. The number of nitrogens with zero attached hydrogens (tertiary/aromatic N) is 1. The number of primary amides is 1. The van der Waals surface area contributed by atoms with Gasteiger partial charge >= 0.3 is 5.97 Å². The fourth-order valence-corrected chi connectivity index (χ4v) is 2.34. The number of hydrogen-bond donors (Lipinski definition) is 1. The van der Waals surface area contributed by atoms with Crippen molar-refractivity contribution in [3.8, 4) is 0 Å². The molecule has 2 N–H and O–H groups in total. The Labute approximate surface area is 126 Å². The Balaban J connectivity index is 2.80. The maximum absolute atomic E-state index is 12.1. The quantitative estimate of drug-likeness (QED) is 0.673. The van der Waals surface area contributed by atoms with Crippen molar-refractivity contribution in [2.75, 3.05) is 7.11 Å². The van der Waals surface area contributed by atoms with Gasteiger partial charge in [0, 0.05) is 5.56 Å². The smallest absolute Gasteiger partial charge is 0.338 e. The molecule has 2 aromatic rings. The zero-order chi connectivity index (χ0) is 16.2. The minimum Gasteiger partial charge on any atom is -0.465 e. The molecule has 22 heavy (non-hydrogen) atoms. The second-order valence-electron chi connectivity index (χ2n) is 4.57. The highest BCUT2D eigenvalue weighted by molar-refractivity contribution is 5.97. The van der Waals surface area contributed by atoms with E-state index in [0.717, 1.165) is 0 Å². The van der Waals surface area contributed by atoms with E-state index in [-0.39, 0.29) is 16.7 Å². The summed E-state index contributed by atoms with van der Waals surface area (Å²) in [6.07, 6.45) is 0. The van der Waals surface area contributed by atoms with Crippen LogP contribution in [0, 0.1) is 4.91 Å². The first-order chi connectivity index (χ1) is 10.6. The van der Waals surface area contributed by atoms with E-state index in [1.54, 1.807) is 42.5 Å². The molecule has 2 aromatic carbocycles. The number of carbonyl (C=O) groups is 2. The van der Waals surface area contributed by atoms with Crippen molar-refractivity contribution in [1.29, 1.82) is 0 Å². The highest BCUT2D eigenvalue weighted by atomic mass is 16.5. The molecule has 6 heteroatoms. The number of nitroso groups, excluding NO2 is 1. The Kier molecular flexibility index (Phi) is 4.31. The molecule has 0 saturated heterocycles. The van der Waals surface area contributed by atoms with Gasteiger partial charge in [0.1, 0.15) is 0 Å². The first-order valence-electron chi connectivity index (χ1n) is 6.45. The maximum Gasteiger partial charge on any atom is 0.338 e. The first-order valence-corrected chi connectivity index (χ1v) is 6.45. The molecule has 1 amide bonds. The van der Waals surface area contributed by atoms with Gasteiger partial charge in [-0.3, -0.25) is 4.79 Å². The molecule has 1 atom stereocenters. The third-order valence-corrected chi connectivity index (χ3v) is 3.41. The molecule has 0 fully saturated rings. The highest BCUT2D eigenvalue weighted by Crippen LogP contribution is 2.35. The van der Waals surface area contributed by atoms with Gasteiger partial charge in [0.15, 0.2) is 0 Å². The third kappa shape index (κ3) is 2.35. The fraction of sp³-hybridized carbons (Fsp3) is 0.125. The Morgan fingerprint density at radius 3 is 2.18 bits per heavy atom. The second kappa shape index (κ2) is 6.17. The summed E-state index contributed by atoms with van der Waals surface area (Å²) in [5, 5.41) is 3.00. The van der Waals surface area contributed by atoms with Crippen molar-refractivity contribution >= 4 is 11.9 Å². The molecule has 0 aromatic heterocycles. The molecular weight excluding hydrogens is 284 g/mol. The number of rotatable bonds is 5. The molecule has 1 unspecified atom stereocenters. The zero-order valence-corrected chi connectivity index (χ0v) is 11.9. The van der Waals surface area contributed by atoms with E-state index >= 15 is 0 Å². The fourth-order valence-electron chi connectivity index (χ4n) is 2.34. The van der Waals surface area contributed by atoms with E-state index in [4.69, 9.17) is 10.5 Å². The van der Waals surface area contributed by atoms with Gasteiger partial charge in [-0.25, -0.2) is 4.79 Å². The van der Waals surface area contributed by atoms with Crippen LogP contribution in [0.15, 0.2) is 59.8 Å². The topological polar surface area (TPSA) is 98.8 Å². The normalized spacial score (nSPS) is 13.0. The predicted octanol–water partition coefficient (Wildman–Crippen LogP) is 1.97. The average molecular weight is 298 g/mol. The van der Waals surface area contributed by atoms with E-state index < -0.39 is 17.4 Å². The van der Waals surface area contributed by atoms with Crippen LogP contribution in [-0.4, -0.2) is 19.0 Å². The summed E-state index contributed by atoms with van der Waals surface area (Å²) in [6, 6.07) is 14.2. The van der Waals surface area contributed by atoms with Gasteiger partial charge in [0.05, 0.1) is 12.7 Å². The summed E-state index contributed by atoms with van der Waals surface area (Å²) >= 11 is 0. The van der Waals surface area contributed by atoms with Gasteiger partial charge in [-0.2, -0.15) is 0 Å². The van der Waals surface area contributed by atoms with Crippen LogP contribution < -0.4 is 5.73 Å². The Morgan fingerprint density at radius 1 is 1.05 bits per heavy atom. The van der Waals surface area contributed by atoms with Crippen LogP contribution in [-0.2, 0) is 15.1 Å². The predicted molar refractivity (Wildman–Crippen MR) is 80.0 cm³/mol. The summed E-state index contributed by atoms with van der Waals surface area (Å²) in [7, 11) is 1.21. The van der Waals surface area contributed by atoms with Gasteiger partial charge in [-0.1, -0.05) is 48.5 Å². The van der Waals surface area contributed by atoms with Gasteiger partial charge in [0.25, 0.3) is 5.91 Å². The summed E-state index contributed by atoms with van der Waals surface area (Å²) in [5.41, 5.74) is 3.92. The number of amides is 1. The lowest BCUT2D eigenvalue weighted by molar-refractivity contribution is -0.122. The van der Waals surface area contributed by atoms with Crippen molar-refractivity contribution in [3.05, 3.63) is 76.2 Å². The van der Waals surface area contributed by atoms with Crippen LogP contribution in [0.25, 0.3) is 0 Å². The monoisotopic (exact) mass is 298 g/mol. The zero-order valence-electron chi connectivity index (χ0n) is 11.9. The van der Waals surface area contributed by atoms with E-state index in [1.807, 2.05) is 0 Å². The van der Waals surface area contributed by atoms with E-state index in [9.17, 15) is 14.5 Å². The van der Waals surface area contributed by atoms with Crippen molar-refractivity contribution in [3.63, 3.8) is 0 Å². The molecule has 0 spiro atoms. The van der Waals surface area contributed by atoms with Gasteiger partial charge in [-0.05, 0) is 16.8 Å². The maximum atomic E-state index is 12.1. The lowest BCUT2D eigenvalue weighted by Gasteiger charge is -2.25. The Hall–Kier alpha value is -3.02. The van der Waals surface area contributed by atoms with Crippen LogP contribution in [0.3, 0.4) is 0 Å².